The van der Waals surface area contributed by atoms with Crippen molar-refractivity contribution in [3.05, 3.63) is 23.3 Å². The summed E-state index contributed by atoms with van der Waals surface area (Å²) in [7, 11) is 1.41. The molecular weight excluding hydrogens is 196 g/mol. The number of rotatable bonds is 5. The van der Waals surface area contributed by atoms with Gasteiger partial charge in [0.25, 0.3) is 0 Å². The minimum absolute atomic E-state index is 0.281. The highest BCUT2D eigenvalue weighted by molar-refractivity contribution is 5.89. The zero-order valence-corrected chi connectivity index (χ0v) is 8.65. The highest BCUT2D eigenvalue weighted by Crippen LogP contribution is 2.27. The number of carbonyl (C=O) groups excluding carboxylic acids is 2. The first-order chi connectivity index (χ1) is 7.26. The molecule has 0 aliphatic rings. The Kier molecular flexibility index (Phi) is 3.85. The van der Waals surface area contributed by atoms with Crippen LogP contribution >= 0.6 is 0 Å². The van der Waals surface area contributed by atoms with Crippen LogP contribution in [0.1, 0.15) is 27.6 Å². The Morgan fingerprint density at radius 2 is 1.73 bits per heavy atom. The maximum atomic E-state index is 10.8. The van der Waals surface area contributed by atoms with Crippen LogP contribution in [0.5, 0.6) is 11.5 Å². The van der Waals surface area contributed by atoms with E-state index in [1.807, 2.05) is 6.92 Å². The van der Waals surface area contributed by atoms with Gasteiger partial charge >= 0.3 is 0 Å². The van der Waals surface area contributed by atoms with Crippen molar-refractivity contribution in [1.29, 1.82) is 0 Å². The second kappa shape index (κ2) is 5.14. The zero-order valence-electron chi connectivity index (χ0n) is 8.65. The molecule has 1 rings (SSSR count). The molecule has 0 aliphatic carbocycles. The summed E-state index contributed by atoms with van der Waals surface area (Å²) in [6.45, 7) is 2.30. The third-order valence-corrected chi connectivity index (χ3v) is 1.89. The van der Waals surface area contributed by atoms with Crippen molar-refractivity contribution >= 4 is 12.6 Å². The molecule has 0 aromatic heterocycles. The van der Waals surface area contributed by atoms with E-state index in [1.165, 1.54) is 7.11 Å². The van der Waals surface area contributed by atoms with Gasteiger partial charge in [-0.25, -0.2) is 0 Å². The number of hydrogen-bond acceptors (Lipinski definition) is 4. The van der Waals surface area contributed by atoms with E-state index in [-0.39, 0.29) is 5.75 Å². The zero-order chi connectivity index (χ0) is 11.3. The van der Waals surface area contributed by atoms with E-state index in [2.05, 4.69) is 0 Å². The van der Waals surface area contributed by atoms with Gasteiger partial charge in [-0.05, 0) is 19.1 Å². The first-order valence-electron chi connectivity index (χ1n) is 4.52. The molecule has 0 atom stereocenters. The van der Waals surface area contributed by atoms with E-state index in [1.54, 1.807) is 12.1 Å². The Labute approximate surface area is 87.8 Å². The van der Waals surface area contributed by atoms with E-state index in [0.717, 1.165) is 0 Å². The average molecular weight is 208 g/mol. The number of benzene rings is 1. The van der Waals surface area contributed by atoms with Crippen LogP contribution in [0.4, 0.5) is 0 Å². The number of aldehydes is 2. The number of ether oxygens (including phenoxy) is 2. The normalized spacial score (nSPS) is 9.47. The first kappa shape index (κ1) is 11.2. The topological polar surface area (TPSA) is 52.6 Å². The van der Waals surface area contributed by atoms with Crippen molar-refractivity contribution < 1.29 is 19.1 Å². The highest BCUT2D eigenvalue weighted by Gasteiger charge is 2.11. The Morgan fingerprint density at radius 3 is 2.07 bits per heavy atom. The van der Waals surface area contributed by atoms with Crippen LogP contribution < -0.4 is 9.47 Å². The van der Waals surface area contributed by atoms with Crippen LogP contribution in [0.3, 0.4) is 0 Å². The summed E-state index contributed by atoms with van der Waals surface area (Å²) in [5.74, 6) is 0.769. The lowest BCUT2D eigenvalue weighted by Crippen LogP contribution is -1.99. The van der Waals surface area contributed by atoms with Crippen LogP contribution in [0.2, 0.25) is 0 Å². The molecule has 0 spiro atoms. The summed E-state index contributed by atoms with van der Waals surface area (Å²) in [6, 6.07) is 3.09. The van der Waals surface area contributed by atoms with Gasteiger partial charge in [-0.3, -0.25) is 9.59 Å². The second-order valence-corrected chi connectivity index (χ2v) is 2.80. The molecule has 4 heteroatoms. The van der Waals surface area contributed by atoms with Gasteiger partial charge in [0.15, 0.2) is 12.6 Å². The summed E-state index contributed by atoms with van der Waals surface area (Å²) >= 11 is 0. The van der Waals surface area contributed by atoms with Gasteiger partial charge in [0.2, 0.25) is 0 Å². The second-order valence-electron chi connectivity index (χ2n) is 2.80. The summed E-state index contributed by atoms with van der Waals surface area (Å²) in [5, 5.41) is 0. The minimum Gasteiger partial charge on any atom is -0.495 e. The maximum absolute atomic E-state index is 10.8. The molecule has 4 nitrogen and oxygen atoms in total. The molecule has 0 aliphatic heterocycles. The van der Waals surface area contributed by atoms with E-state index in [9.17, 15) is 9.59 Å². The summed E-state index contributed by atoms with van der Waals surface area (Å²) in [4.78, 5) is 21.5. The monoisotopic (exact) mass is 208 g/mol. The van der Waals surface area contributed by atoms with Gasteiger partial charge in [-0.1, -0.05) is 0 Å². The number of carbonyl (C=O) groups is 2. The SMILES string of the molecule is CCOc1cc(C=O)c(OC)c(C=O)c1. The molecular formula is C11H12O4. The summed E-state index contributed by atoms with van der Waals surface area (Å²) < 4.78 is 10.2. The molecule has 0 unspecified atom stereocenters. The van der Waals surface area contributed by atoms with E-state index in [4.69, 9.17) is 9.47 Å². The van der Waals surface area contributed by atoms with Crippen molar-refractivity contribution in [2.24, 2.45) is 0 Å². The molecule has 0 N–H and O–H groups in total. The quantitative estimate of drug-likeness (QED) is 0.691. The number of hydrogen-bond donors (Lipinski definition) is 0. The first-order valence-corrected chi connectivity index (χ1v) is 4.52. The minimum atomic E-state index is 0.281. The van der Waals surface area contributed by atoms with E-state index < -0.39 is 0 Å². The van der Waals surface area contributed by atoms with Crippen LogP contribution in [0, 0.1) is 0 Å². The van der Waals surface area contributed by atoms with E-state index >= 15 is 0 Å². The fraction of sp³-hybridized carbons (Fsp3) is 0.273. The Morgan fingerprint density at radius 1 is 1.20 bits per heavy atom. The molecule has 1 aromatic rings. The van der Waals surface area contributed by atoms with Gasteiger partial charge < -0.3 is 9.47 Å². The Bertz CT molecular complexity index is 342. The third kappa shape index (κ3) is 2.34. The molecule has 0 amide bonds. The van der Waals surface area contributed by atoms with Crippen LogP contribution in [0.25, 0.3) is 0 Å². The Hall–Kier alpha value is -1.84. The summed E-state index contributed by atoms with van der Waals surface area (Å²) in [6.07, 6.45) is 1.27. The molecule has 0 radical (unpaired) electrons. The lowest BCUT2D eigenvalue weighted by Gasteiger charge is -2.09. The molecule has 0 saturated carbocycles. The van der Waals surface area contributed by atoms with Gasteiger partial charge in [0, 0.05) is 0 Å². The average Bonchev–Trinajstić information content (AvgIpc) is 2.28. The van der Waals surface area contributed by atoms with E-state index in [0.29, 0.717) is 36.1 Å². The Balaban J connectivity index is 3.28. The lowest BCUT2D eigenvalue weighted by molar-refractivity contribution is 0.111. The predicted octanol–water partition coefficient (Wildman–Crippen LogP) is 1.72. The molecule has 0 heterocycles. The predicted molar refractivity (Wildman–Crippen MR) is 54.9 cm³/mol. The van der Waals surface area contributed by atoms with Crippen LogP contribution in [0.15, 0.2) is 12.1 Å². The number of methoxy groups -OCH3 is 1. The molecule has 80 valence electrons. The van der Waals surface area contributed by atoms with Crippen molar-refractivity contribution in [3.8, 4) is 11.5 Å². The fourth-order valence-electron chi connectivity index (χ4n) is 1.31. The molecule has 15 heavy (non-hydrogen) atoms. The standard InChI is InChI=1S/C11H12O4/c1-3-15-10-4-8(6-12)11(14-2)9(5-10)7-13/h4-7H,3H2,1-2H3. The van der Waals surface area contributed by atoms with Gasteiger partial charge in [0.1, 0.15) is 11.5 Å². The fourth-order valence-corrected chi connectivity index (χ4v) is 1.31. The molecule has 0 fully saturated rings. The highest BCUT2D eigenvalue weighted by atomic mass is 16.5. The lowest BCUT2D eigenvalue weighted by atomic mass is 10.1. The summed E-state index contributed by atoms with van der Waals surface area (Å²) in [5.41, 5.74) is 0.621. The van der Waals surface area contributed by atoms with Crippen molar-refractivity contribution in [1.82, 2.24) is 0 Å². The molecule has 1 aromatic carbocycles. The van der Waals surface area contributed by atoms with Crippen LogP contribution in [-0.4, -0.2) is 26.3 Å². The van der Waals surface area contributed by atoms with Gasteiger partial charge in [0.05, 0.1) is 24.8 Å². The molecule has 0 saturated heterocycles. The van der Waals surface area contributed by atoms with Crippen molar-refractivity contribution in [3.63, 3.8) is 0 Å². The van der Waals surface area contributed by atoms with Crippen molar-refractivity contribution in [2.45, 2.75) is 6.92 Å². The smallest absolute Gasteiger partial charge is 0.153 e. The van der Waals surface area contributed by atoms with Crippen LogP contribution in [-0.2, 0) is 0 Å². The van der Waals surface area contributed by atoms with Crippen molar-refractivity contribution in [2.75, 3.05) is 13.7 Å². The van der Waals surface area contributed by atoms with Gasteiger partial charge in [-0.15, -0.1) is 0 Å². The maximum Gasteiger partial charge on any atom is 0.153 e. The van der Waals surface area contributed by atoms with Gasteiger partial charge in [-0.2, -0.15) is 0 Å². The largest absolute Gasteiger partial charge is 0.495 e. The molecule has 0 bridgehead atoms. The third-order valence-electron chi connectivity index (χ3n) is 1.89.